The minimum absolute atomic E-state index is 0.142. The summed E-state index contributed by atoms with van der Waals surface area (Å²) in [6.07, 6.45) is 0.960. The number of piperidine rings is 1. The predicted molar refractivity (Wildman–Crippen MR) is 110 cm³/mol. The number of hydrogen-bond donors (Lipinski definition) is 2. The number of carbonyl (C=O) groups excluding carboxylic acids is 3. The Morgan fingerprint density at radius 1 is 1.07 bits per heavy atom. The summed E-state index contributed by atoms with van der Waals surface area (Å²) in [6, 6.07) is 6.13. The first-order valence-electron chi connectivity index (χ1n) is 10.4. The Kier molecular flexibility index (Phi) is 7.38. The summed E-state index contributed by atoms with van der Waals surface area (Å²) in [6.45, 7) is 4.40. The highest BCUT2D eigenvalue weighted by Gasteiger charge is 2.30. The van der Waals surface area contributed by atoms with Crippen molar-refractivity contribution in [2.24, 2.45) is 11.7 Å². The quantitative estimate of drug-likeness (QED) is 0.653. The fourth-order valence-corrected chi connectivity index (χ4v) is 4.05. The van der Waals surface area contributed by atoms with E-state index in [2.05, 4.69) is 22.2 Å². The third kappa shape index (κ3) is 5.54. The Balaban J connectivity index is 1.60. The lowest BCUT2D eigenvalue weighted by atomic mass is 9.96. The predicted octanol–water partition coefficient (Wildman–Crippen LogP) is -0.0457. The minimum Gasteiger partial charge on any atom is -0.369 e. The van der Waals surface area contributed by atoms with Crippen LogP contribution in [0.15, 0.2) is 24.3 Å². The van der Waals surface area contributed by atoms with Crippen molar-refractivity contribution < 1.29 is 18.8 Å². The zero-order chi connectivity index (χ0) is 21.7. The first kappa shape index (κ1) is 22.2. The Hall–Kier alpha value is -2.52. The van der Waals surface area contributed by atoms with Crippen LogP contribution in [0.1, 0.15) is 24.4 Å². The van der Waals surface area contributed by atoms with Gasteiger partial charge < -0.3 is 20.9 Å². The van der Waals surface area contributed by atoms with E-state index in [9.17, 15) is 18.8 Å². The molecule has 2 fully saturated rings. The molecule has 3 amide bonds. The zero-order valence-corrected chi connectivity index (χ0v) is 17.3. The number of amides is 3. The first-order chi connectivity index (χ1) is 14.3. The van der Waals surface area contributed by atoms with E-state index in [1.807, 2.05) is 0 Å². The fraction of sp³-hybridized carbons (Fsp3) is 0.571. The van der Waals surface area contributed by atoms with Gasteiger partial charge in [-0.15, -0.1) is 0 Å². The minimum atomic E-state index is -0.659. The molecule has 1 aromatic rings. The van der Waals surface area contributed by atoms with Crippen LogP contribution in [0.2, 0.25) is 0 Å². The molecule has 2 aliphatic rings. The number of rotatable bonds is 5. The van der Waals surface area contributed by atoms with Crippen molar-refractivity contribution >= 4 is 17.7 Å². The topological polar surface area (TPSA) is 99.0 Å². The Morgan fingerprint density at radius 3 is 2.23 bits per heavy atom. The Bertz CT molecular complexity index is 756. The van der Waals surface area contributed by atoms with E-state index in [1.54, 1.807) is 12.1 Å². The van der Waals surface area contributed by atoms with Crippen molar-refractivity contribution in [2.75, 3.05) is 52.9 Å². The monoisotopic (exact) mass is 419 g/mol. The molecule has 0 spiro atoms. The molecule has 0 aliphatic carbocycles. The third-order valence-electron chi connectivity index (χ3n) is 6.07. The maximum Gasteiger partial charge on any atom is 0.311 e. The van der Waals surface area contributed by atoms with Crippen LogP contribution in [0.3, 0.4) is 0 Å². The maximum atomic E-state index is 13.4. The van der Waals surface area contributed by atoms with Gasteiger partial charge in [0.05, 0.1) is 6.04 Å². The summed E-state index contributed by atoms with van der Waals surface area (Å²) in [5.41, 5.74) is 6.22. The number of carbonyl (C=O) groups is 3. The molecular formula is C21H30FN5O3. The van der Waals surface area contributed by atoms with Crippen LogP contribution < -0.4 is 11.1 Å². The highest BCUT2D eigenvalue weighted by molar-refractivity contribution is 6.35. The van der Waals surface area contributed by atoms with Crippen LogP contribution in [0.5, 0.6) is 0 Å². The smallest absolute Gasteiger partial charge is 0.311 e. The van der Waals surface area contributed by atoms with Gasteiger partial charge in [-0.05, 0) is 37.6 Å². The molecule has 1 unspecified atom stereocenters. The van der Waals surface area contributed by atoms with Gasteiger partial charge in [0.1, 0.15) is 5.82 Å². The molecule has 2 saturated heterocycles. The molecule has 1 atom stereocenters. The van der Waals surface area contributed by atoms with E-state index in [0.29, 0.717) is 25.9 Å². The molecule has 0 aromatic heterocycles. The van der Waals surface area contributed by atoms with Crippen molar-refractivity contribution in [3.63, 3.8) is 0 Å². The molecular weight excluding hydrogens is 389 g/mol. The Morgan fingerprint density at radius 2 is 1.67 bits per heavy atom. The van der Waals surface area contributed by atoms with Gasteiger partial charge in [-0.25, -0.2) is 4.39 Å². The number of benzene rings is 1. The second-order valence-corrected chi connectivity index (χ2v) is 8.09. The molecule has 1 aromatic carbocycles. The normalized spacial score (nSPS) is 20.0. The van der Waals surface area contributed by atoms with E-state index in [-0.39, 0.29) is 30.2 Å². The number of nitrogens with zero attached hydrogens (tertiary/aromatic N) is 3. The summed E-state index contributed by atoms with van der Waals surface area (Å²) in [5, 5.41) is 2.76. The average molecular weight is 420 g/mol. The molecule has 9 heteroatoms. The fourth-order valence-electron chi connectivity index (χ4n) is 4.05. The Labute approximate surface area is 176 Å². The number of likely N-dealkylation sites (tertiary alicyclic amines) is 1. The number of hydrogen-bond acceptors (Lipinski definition) is 5. The van der Waals surface area contributed by atoms with Gasteiger partial charge in [0.15, 0.2) is 0 Å². The molecule has 3 N–H and O–H groups in total. The molecule has 2 heterocycles. The van der Waals surface area contributed by atoms with E-state index >= 15 is 0 Å². The van der Waals surface area contributed by atoms with Crippen LogP contribution in [0, 0.1) is 11.7 Å². The van der Waals surface area contributed by atoms with Gasteiger partial charge in [0, 0.05) is 51.7 Å². The second-order valence-electron chi connectivity index (χ2n) is 8.09. The van der Waals surface area contributed by atoms with E-state index in [1.165, 1.54) is 17.0 Å². The first-order valence-corrected chi connectivity index (χ1v) is 10.4. The van der Waals surface area contributed by atoms with Crippen LogP contribution >= 0.6 is 0 Å². The third-order valence-corrected chi connectivity index (χ3v) is 6.07. The maximum absolute atomic E-state index is 13.4. The van der Waals surface area contributed by atoms with Gasteiger partial charge in [-0.2, -0.15) is 0 Å². The molecule has 3 rings (SSSR count). The molecule has 30 heavy (non-hydrogen) atoms. The number of primary amides is 1. The van der Waals surface area contributed by atoms with E-state index in [0.717, 1.165) is 31.7 Å². The highest BCUT2D eigenvalue weighted by atomic mass is 19.1. The summed E-state index contributed by atoms with van der Waals surface area (Å²) >= 11 is 0. The van der Waals surface area contributed by atoms with Crippen molar-refractivity contribution in [3.8, 4) is 0 Å². The SMILES string of the molecule is CN1CCN(C(CNC(=O)C(=O)N2CCC(C(N)=O)CC2)c2ccc(F)cc2)CC1. The van der Waals surface area contributed by atoms with Gasteiger partial charge in [0.25, 0.3) is 0 Å². The number of nitrogens with two attached hydrogens (primary N) is 1. The average Bonchev–Trinajstić information content (AvgIpc) is 2.75. The van der Waals surface area contributed by atoms with Gasteiger partial charge in [0.2, 0.25) is 5.91 Å². The summed E-state index contributed by atoms with van der Waals surface area (Å²) in [7, 11) is 2.06. The largest absolute Gasteiger partial charge is 0.369 e. The van der Waals surface area contributed by atoms with Crippen molar-refractivity contribution in [1.82, 2.24) is 20.0 Å². The standard InChI is InChI=1S/C21H30FN5O3/c1-25-10-12-26(13-11-25)18(15-2-4-17(22)5-3-15)14-24-20(29)21(30)27-8-6-16(7-9-27)19(23)28/h2-5,16,18H,6-14H2,1H3,(H2,23,28)(H,24,29). The zero-order valence-electron chi connectivity index (χ0n) is 17.3. The number of likely N-dealkylation sites (N-methyl/N-ethyl adjacent to an activating group) is 1. The van der Waals surface area contributed by atoms with Crippen LogP contribution in [0.25, 0.3) is 0 Å². The highest BCUT2D eigenvalue weighted by Crippen LogP contribution is 2.22. The van der Waals surface area contributed by atoms with Crippen LogP contribution in [0.4, 0.5) is 4.39 Å². The van der Waals surface area contributed by atoms with Gasteiger partial charge >= 0.3 is 11.8 Å². The van der Waals surface area contributed by atoms with Gasteiger partial charge in [-0.3, -0.25) is 19.3 Å². The van der Waals surface area contributed by atoms with Crippen molar-refractivity contribution in [3.05, 3.63) is 35.6 Å². The number of halogens is 1. The number of piperazine rings is 1. The van der Waals surface area contributed by atoms with E-state index < -0.39 is 11.8 Å². The summed E-state index contributed by atoms with van der Waals surface area (Å²) in [5.74, 6) is -2.16. The molecule has 0 radical (unpaired) electrons. The van der Waals surface area contributed by atoms with Crippen molar-refractivity contribution in [1.29, 1.82) is 0 Å². The van der Waals surface area contributed by atoms with Crippen LogP contribution in [-0.2, 0) is 14.4 Å². The van der Waals surface area contributed by atoms with Crippen molar-refractivity contribution in [2.45, 2.75) is 18.9 Å². The van der Waals surface area contributed by atoms with E-state index in [4.69, 9.17) is 5.73 Å². The van der Waals surface area contributed by atoms with Crippen LogP contribution in [-0.4, -0.2) is 85.3 Å². The summed E-state index contributed by atoms with van der Waals surface area (Å²) < 4.78 is 13.4. The number of nitrogens with one attached hydrogen (secondary N) is 1. The molecule has 0 bridgehead atoms. The molecule has 164 valence electrons. The lowest BCUT2D eigenvalue weighted by Crippen LogP contribution is -2.51. The lowest BCUT2D eigenvalue weighted by molar-refractivity contribution is -0.147. The molecule has 2 aliphatic heterocycles. The molecule has 0 saturated carbocycles. The second kappa shape index (κ2) is 9.99. The lowest BCUT2D eigenvalue weighted by Gasteiger charge is -2.38. The summed E-state index contributed by atoms with van der Waals surface area (Å²) in [4.78, 5) is 42.2. The molecule has 8 nitrogen and oxygen atoms in total. The van der Waals surface area contributed by atoms with Gasteiger partial charge in [-0.1, -0.05) is 12.1 Å².